The molecule has 1 unspecified atom stereocenters. The van der Waals surface area contributed by atoms with Gasteiger partial charge in [-0.25, -0.2) is 0 Å². The van der Waals surface area contributed by atoms with E-state index in [0.717, 1.165) is 70.6 Å². The maximum atomic E-state index is 12.9. The number of hydrogen-bond acceptors (Lipinski definition) is 6. The summed E-state index contributed by atoms with van der Waals surface area (Å²) >= 11 is 0. The lowest BCUT2D eigenvalue weighted by molar-refractivity contribution is -0.167. The predicted octanol–water partition coefficient (Wildman–Crippen LogP) is 23.7. The molecule has 78 heavy (non-hydrogen) atoms. The van der Waals surface area contributed by atoms with E-state index in [2.05, 4.69) is 69.4 Å². The zero-order chi connectivity index (χ0) is 56.4. The molecule has 0 saturated heterocycles. The smallest absolute Gasteiger partial charge is 0.306 e. The van der Waals surface area contributed by atoms with Gasteiger partial charge in [-0.05, 0) is 83.5 Å². The van der Waals surface area contributed by atoms with Crippen molar-refractivity contribution in [1.29, 1.82) is 0 Å². The molecule has 0 fully saturated rings. The predicted molar refractivity (Wildman–Crippen MR) is 339 cm³/mol. The molecule has 0 bridgehead atoms. The summed E-state index contributed by atoms with van der Waals surface area (Å²) in [4.78, 5) is 38.3. The molecule has 0 rings (SSSR count). The van der Waals surface area contributed by atoms with E-state index in [4.69, 9.17) is 14.2 Å². The van der Waals surface area contributed by atoms with Crippen LogP contribution >= 0.6 is 0 Å². The lowest BCUT2D eigenvalue weighted by Gasteiger charge is -2.18. The fraction of sp³-hybridized carbons (Fsp3) is 0.847. The fourth-order valence-electron chi connectivity index (χ4n) is 10.3. The highest BCUT2D eigenvalue weighted by atomic mass is 16.6. The molecule has 0 aromatic rings. The Bertz CT molecular complexity index is 1350. The Kier molecular flexibility index (Phi) is 64.6. The Hall–Kier alpha value is -2.63. The van der Waals surface area contributed by atoms with E-state index in [1.165, 1.54) is 263 Å². The first-order chi connectivity index (χ1) is 38.5. The van der Waals surface area contributed by atoms with Crippen molar-refractivity contribution in [2.75, 3.05) is 13.2 Å². The molecule has 0 aromatic carbocycles. The lowest BCUT2D eigenvalue weighted by atomic mass is 10.0. The monoisotopic (exact) mass is 1090 g/mol. The van der Waals surface area contributed by atoms with E-state index < -0.39 is 6.10 Å². The van der Waals surface area contributed by atoms with Gasteiger partial charge in [-0.15, -0.1) is 0 Å². The van der Waals surface area contributed by atoms with Crippen molar-refractivity contribution < 1.29 is 28.6 Å². The molecule has 0 heterocycles. The Labute approximate surface area is 486 Å². The fourth-order valence-corrected chi connectivity index (χ4v) is 10.3. The van der Waals surface area contributed by atoms with Gasteiger partial charge in [0.05, 0.1) is 0 Å². The van der Waals surface area contributed by atoms with Crippen LogP contribution in [0.25, 0.3) is 0 Å². The van der Waals surface area contributed by atoms with Crippen molar-refractivity contribution in [1.82, 2.24) is 0 Å². The first kappa shape index (κ1) is 75.4. The van der Waals surface area contributed by atoms with E-state index in [0.29, 0.717) is 19.3 Å². The first-order valence-electron chi connectivity index (χ1n) is 34.6. The molecule has 0 aliphatic rings. The van der Waals surface area contributed by atoms with Gasteiger partial charge in [0.1, 0.15) is 13.2 Å². The van der Waals surface area contributed by atoms with Gasteiger partial charge in [-0.1, -0.05) is 320 Å². The zero-order valence-corrected chi connectivity index (χ0v) is 52.5. The van der Waals surface area contributed by atoms with Crippen LogP contribution in [-0.2, 0) is 28.6 Å². The molecule has 1 atom stereocenters. The van der Waals surface area contributed by atoms with Gasteiger partial charge in [-0.3, -0.25) is 14.4 Å². The second kappa shape index (κ2) is 66.9. The minimum Gasteiger partial charge on any atom is -0.462 e. The van der Waals surface area contributed by atoms with E-state index in [1.54, 1.807) is 0 Å². The van der Waals surface area contributed by atoms with Crippen molar-refractivity contribution in [2.24, 2.45) is 0 Å². The average Bonchev–Trinajstić information content (AvgIpc) is 3.44. The first-order valence-corrected chi connectivity index (χ1v) is 34.6. The van der Waals surface area contributed by atoms with Gasteiger partial charge < -0.3 is 14.2 Å². The van der Waals surface area contributed by atoms with E-state index in [-0.39, 0.29) is 31.1 Å². The van der Waals surface area contributed by atoms with E-state index in [1.807, 2.05) is 0 Å². The Morgan fingerprint density at radius 2 is 0.462 bits per heavy atom. The highest BCUT2D eigenvalue weighted by Gasteiger charge is 2.19. The summed E-state index contributed by atoms with van der Waals surface area (Å²) in [6.45, 7) is 6.67. The Balaban J connectivity index is 4.16. The highest BCUT2D eigenvalue weighted by molar-refractivity contribution is 5.71. The van der Waals surface area contributed by atoms with Crippen molar-refractivity contribution in [3.8, 4) is 0 Å². The van der Waals surface area contributed by atoms with Crippen LogP contribution < -0.4 is 0 Å². The Morgan fingerprint density at radius 3 is 0.731 bits per heavy atom. The summed E-state index contributed by atoms with van der Waals surface area (Å²) in [6, 6.07) is 0. The van der Waals surface area contributed by atoms with Crippen LogP contribution in [0.2, 0.25) is 0 Å². The minimum absolute atomic E-state index is 0.0694. The third kappa shape index (κ3) is 64.2. The maximum absolute atomic E-state index is 12.9. The molecule has 0 aromatic heterocycles. The molecule has 0 amide bonds. The molecular weight excluding hydrogens is 961 g/mol. The topological polar surface area (TPSA) is 78.9 Å². The number of carbonyl (C=O) groups excluding carboxylic acids is 3. The van der Waals surface area contributed by atoms with Gasteiger partial charge in [0, 0.05) is 19.3 Å². The normalized spacial score (nSPS) is 12.3. The molecule has 0 aliphatic heterocycles. The molecule has 6 heteroatoms. The standard InChI is InChI=1S/C72H132O6/c1-4-7-10-13-16-19-22-24-26-28-30-32-33-34-35-36-37-38-39-41-42-44-46-48-50-53-56-59-62-65-71(74)77-68-69(67-76-70(73)64-61-58-55-52-21-18-15-12-9-6-3)78-72(75)66-63-60-57-54-51-49-47-45-43-40-31-29-27-25-23-20-17-14-11-8-5-2/h22,24,28-31,33-34,69H,4-21,23,25-27,32,35-68H2,1-3H3/b24-22-,30-28-,31-29-,34-33-. The summed E-state index contributed by atoms with van der Waals surface area (Å²) in [5.74, 6) is -0.851. The molecule has 0 N–H and O–H groups in total. The molecule has 456 valence electrons. The highest BCUT2D eigenvalue weighted by Crippen LogP contribution is 2.18. The summed E-state index contributed by atoms with van der Waals surface area (Å²) in [7, 11) is 0. The van der Waals surface area contributed by atoms with Crippen LogP contribution in [-0.4, -0.2) is 37.2 Å². The van der Waals surface area contributed by atoms with E-state index in [9.17, 15) is 14.4 Å². The number of hydrogen-bond donors (Lipinski definition) is 0. The third-order valence-electron chi connectivity index (χ3n) is 15.6. The van der Waals surface area contributed by atoms with E-state index >= 15 is 0 Å². The van der Waals surface area contributed by atoms with Crippen LogP contribution in [0.1, 0.15) is 374 Å². The van der Waals surface area contributed by atoms with Crippen molar-refractivity contribution in [3.63, 3.8) is 0 Å². The quantitative estimate of drug-likeness (QED) is 0.0261. The number of esters is 3. The van der Waals surface area contributed by atoms with Gasteiger partial charge in [-0.2, -0.15) is 0 Å². The average molecular weight is 1090 g/mol. The summed E-state index contributed by atoms with van der Waals surface area (Å²) in [6.07, 6.45) is 84.3. The summed E-state index contributed by atoms with van der Waals surface area (Å²) in [5.41, 5.74) is 0. The molecule has 0 spiro atoms. The number of unbranched alkanes of at least 4 members (excludes halogenated alkanes) is 45. The second-order valence-electron chi connectivity index (χ2n) is 23.4. The number of carbonyl (C=O) groups is 3. The molecule has 0 aliphatic carbocycles. The Morgan fingerprint density at radius 1 is 0.256 bits per heavy atom. The van der Waals surface area contributed by atoms with Crippen LogP contribution in [0.15, 0.2) is 48.6 Å². The molecular formula is C72H132O6. The van der Waals surface area contributed by atoms with Crippen molar-refractivity contribution in [2.45, 2.75) is 380 Å². The number of ether oxygens (including phenoxy) is 3. The van der Waals surface area contributed by atoms with Gasteiger partial charge in [0.2, 0.25) is 0 Å². The largest absolute Gasteiger partial charge is 0.462 e. The van der Waals surface area contributed by atoms with Gasteiger partial charge in [0.15, 0.2) is 6.10 Å². The molecule has 6 nitrogen and oxygen atoms in total. The second-order valence-corrected chi connectivity index (χ2v) is 23.4. The maximum Gasteiger partial charge on any atom is 0.306 e. The van der Waals surface area contributed by atoms with Crippen LogP contribution in [0.5, 0.6) is 0 Å². The van der Waals surface area contributed by atoms with Crippen LogP contribution in [0.4, 0.5) is 0 Å². The lowest BCUT2D eigenvalue weighted by Crippen LogP contribution is -2.30. The van der Waals surface area contributed by atoms with Gasteiger partial charge >= 0.3 is 17.9 Å². The van der Waals surface area contributed by atoms with Crippen molar-refractivity contribution in [3.05, 3.63) is 48.6 Å². The zero-order valence-electron chi connectivity index (χ0n) is 52.5. The molecule has 0 saturated carbocycles. The molecule has 0 radical (unpaired) electrons. The van der Waals surface area contributed by atoms with Crippen LogP contribution in [0.3, 0.4) is 0 Å². The SMILES string of the molecule is CCCCCCC/C=C\C/C=C\C/C=C\CCCCCCCCCCCCCCCCC(=O)OCC(COC(=O)CCCCCCCCCCCC)OC(=O)CCCCCCCCCCC/C=C\CCCCCCCCCC. The van der Waals surface area contributed by atoms with Gasteiger partial charge in [0.25, 0.3) is 0 Å². The summed E-state index contributed by atoms with van der Waals surface area (Å²) in [5, 5.41) is 0. The minimum atomic E-state index is -0.772. The summed E-state index contributed by atoms with van der Waals surface area (Å²) < 4.78 is 16.9. The number of allylic oxidation sites excluding steroid dienone is 8. The number of rotatable bonds is 64. The third-order valence-corrected chi connectivity index (χ3v) is 15.6. The van der Waals surface area contributed by atoms with Crippen molar-refractivity contribution >= 4 is 17.9 Å². The van der Waals surface area contributed by atoms with Crippen LogP contribution in [0, 0.1) is 0 Å².